The topological polar surface area (TPSA) is 105 Å². The Hall–Kier alpha value is -2.53. The molecule has 0 atom stereocenters. The van der Waals surface area contributed by atoms with E-state index in [1.807, 2.05) is 0 Å². The molecule has 3 rings (SSSR count). The molecule has 0 aliphatic carbocycles. The van der Waals surface area contributed by atoms with Crippen LogP contribution in [0.25, 0.3) is 11.3 Å². The fourth-order valence-electron chi connectivity index (χ4n) is 3.19. The minimum Gasteiger partial charge on any atom is -0.465 e. The highest BCUT2D eigenvalue weighted by molar-refractivity contribution is 7.87. The summed E-state index contributed by atoms with van der Waals surface area (Å²) in [6.07, 6.45) is 3.19. The van der Waals surface area contributed by atoms with Crippen LogP contribution in [0.5, 0.6) is 0 Å². The number of pyridine rings is 1. The molecule has 0 saturated carbocycles. The van der Waals surface area contributed by atoms with Gasteiger partial charge in [0.15, 0.2) is 5.82 Å². The molecule has 11 heteroatoms. The lowest BCUT2D eigenvalue weighted by atomic mass is 10.1. The number of rotatable bonds is 6. The van der Waals surface area contributed by atoms with Gasteiger partial charge in [0.05, 0.1) is 5.56 Å². The van der Waals surface area contributed by atoms with Gasteiger partial charge in [0.25, 0.3) is 0 Å². The van der Waals surface area contributed by atoms with Gasteiger partial charge in [-0.1, -0.05) is 6.42 Å². The normalized spacial score (nSPS) is 15.5. The maximum absolute atomic E-state index is 15.1. The van der Waals surface area contributed by atoms with Crippen molar-refractivity contribution in [1.82, 2.24) is 18.6 Å². The van der Waals surface area contributed by atoms with Gasteiger partial charge in [-0.25, -0.2) is 18.1 Å². The van der Waals surface area contributed by atoms with Crippen LogP contribution in [0.4, 0.5) is 13.6 Å². The van der Waals surface area contributed by atoms with Crippen LogP contribution in [0.2, 0.25) is 0 Å². The second-order valence-corrected chi connectivity index (χ2v) is 8.21. The van der Waals surface area contributed by atoms with Gasteiger partial charge in [0.2, 0.25) is 5.95 Å². The molecule has 152 valence electrons. The van der Waals surface area contributed by atoms with Crippen molar-refractivity contribution in [3.8, 4) is 11.3 Å². The summed E-state index contributed by atoms with van der Waals surface area (Å²) in [4.78, 5) is 14.1. The third-order valence-corrected chi connectivity index (χ3v) is 6.36. The summed E-state index contributed by atoms with van der Waals surface area (Å²) >= 11 is 0. The molecule has 1 aliphatic rings. The molecule has 0 bridgehead atoms. The molecule has 1 saturated heterocycles. The molecule has 2 aromatic rings. The van der Waals surface area contributed by atoms with E-state index in [0.29, 0.717) is 25.9 Å². The Morgan fingerprint density at radius 2 is 1.96 bits per heavy atom. The summed E-state index contributed by atoms with van der Waals surface area (Å²) in [6, 6.07) is 2.64. The van der Waals surface area contributed by atoms with Crippen LogP contribution in [0.3, 0.4) is 0 Å². The molecule has 0 spiro atoms. The van der Waals surface area contributed by atoms with Crippen LogP contribution >= 0.6 is 0 Å². The minimum absolute atomic E-state index is 0.0346. The first kappa shape index (κ1) is 20.2. The molecule has 1 fully saturated rings. The molecule has 3 heterocycles. The van der Waals surface area contributed by atoms with E-state index in [1.54, 1.807) is 0 Å². The summed E-state index contributed by atoms with van der Waals surface area (Å²) in [7, 11) is -4.12. The number of carbonyl (C=O) groups is 1. The van der Waals surface area contributed by atoms with E-state index in [1.165, 1.54) is 22.6 Å². The number of piperidine rings is 1. The zero-order valence-electron chi connectivity index (χ0n) is 14.9. The highest BCUT2D eigenvalue weighted by Crippen LogP contribution is 2.31. The summed E-state index contributed by atoms with van der Waals surface area (Å²) in [5, 5.41) is 10.8. The molecule has 1 amide bonds. The van der Waals surface area contributed by atoms with E-state index in [2.05, 4.69) is 10.3 Å². The molecular weight excluding hydrogens is 394 g/mol. The first-order valence-electron chi connectivity index (χ1n) is 8.80. The molecule has 8 nitrogen and oxygen atoms in total. The minimum atomic E-state index is -4.12. The molecule has 2 N–H and O–H groups in total. The Balaban J connectivity index is 2.09. The van der Waals surface area contributed by atoms with Crippen molar-refractivity contribution in [3.63, 3.8) is 0 Å². The van der Waals surface area contributed by atoms with Gasteiger partial charge in [0.1, 0.15) is 5.69 Å². The van der Waals surface area contributed by atoms with Crippen LogP contribution < -0.4 is 5.32 Å². The van der Waals surface area contributed by atoms with Gasteiger partial charge in [-0.15, -0.1) is 0 Å². The molecule has 1 aliphatic heterocycles. The molecule has 28 heavy (non-hydrogen) atoms. The van der Waals surface area contributed by atoms with Crippen LogP contribution in [-0.4, -0.2) is 52.5 Å². The molecule has 0 radical (unpaired) electrons. The summed E-state index contributed by atoms with van der Waals surface area (Å²) in [6.45, 7) is 0.481. The smallest absolute Gasteiger partial charge is 0.404 e. The van der Waals surface area contributed by atoms with Crippen molar-refractivity contribution < 1.29 is 27.1 Å². The van der Waals surface area contributed by atoms with Crippen molar-refractivity contribution in [2.75, 3.05) is 19.6 Å². The van der Waals surface area contributed by atoms with E-state index in [4.69, 9.17) is 5.11 Å². The number of carboxylic acid groups (broad SMARTS) is 1. The number of hydrogen-bond donors (Lipinski definition) is 2. The van der Waals surface area contributed by atoms with Crippen molar-refractivity contribution >= 4 is 16.3 Å². The number of hydrogen-bond acceptors (Lipinski definition) is 4. The Kier molecular flexibility index (Phi) is 5.94. The van der Waals surface area contributed by atoms with Gasteiger partial charge >= 0.3 is 16.3 Å². The quantitative estimate of drug-likeness (QED) is 0.706. The fourth-order valence-corrected chi connectivity index (χ4v) is 4.83. The van der Waals surface area contributed by atoms with Gasteiger partial charge < -0.3 is 10.4 Å². The number of halogens is 2. The zero-order chi connectivity index (χ0) is 20.3. The second kappa shape index (κ2) is 8.23. The molecule has 0 aromatic carbocycles. The number of amides is 1. The van der Waals surface area contributed by atoms with Gasteiger partial charge in [-0.05, 0) is 31.4 Å². The average Bonchev–Trinajstić information content (AvgIpc) is 3.00. The van der Waals surface area contributed by atoms with E-state index < -0.39 is 33.8 Å². The molecule has 2 aromatic heterocycles. The lowest BCUT2D eigenvalue weighted by Crippen LogP contribution is -2.39. The van der Waals surface area contributed by atoms with Crippen LogP contribution in [0.1, 0.15) is 24.8 Å². The third kappa shape index (κ3) is 3.99. The highest BCUT2D eigenvalue weighted by atomic mass is 32.2. The third-order valence-electron chi connectivity index (χ3n) is 4.56. The maximum Gasteiger partial charge on any atom is 0.404 e. The summed E-state index contributed by atoms with van der Waals surface area (Å²) in [5.41, 5.74) is -0.757. The van der Waals surface area contributed by atoms with Gasteiger partial charge in [-0.3, -0.25) is 0 Å². The number of nitrogens with zero attached hydrogens (tertiary/aromatic N) is 3. The van der Waals surface area contributed by atoms with Crippen LogP contribution in [0, 0.1) is 11.8 Å². The number of aromatic nitrogens is 2. The Morgan fingerprint density at radius 3 is 2.61 bits per heavy atom. The molecule has 0 unspecified atom stereocenters. The van der Waals surface area contributed by atoms with E-state index in [-0.39, 0.29) is 24.1 Å². The predicted molar refractivity (Wildman–Crippen MR) is 97.1 cm³/mol. The van der Waals surface area contributed by atoms with E-state index in [0.717, 1.165) is 16.6 Å². The second-order valence-electron chi connectivity index (χ2n) is 6.40. The fraction of sp³-hybridized carbons (Fsp3) is 0.412. The predicted octanol–water partition coefficient (Wildman–Crippen LogP) is 2.22. The largest absolute Gasteiger partial charge is 0.465 e. The summed E-state index contributed by atoms with van der Waals surface area (Å²) in [5.74, 6) is -1.91. The SMILES string of the molecule is O=C(O)NCCc1cn(S(=O)(=O)N2CCCCC2)c(-c2cccnc2F)c1F. The van der Waals surface area contributed by atoms with Crippen molar-refractivity contribution in [2.24, 2.45) is 0 Å². The Labute approximate surface area is 161 Å². The van der Waals surface area contributed by atoms with E-state index in [9.17, 15) is 17.6 Å². The highest BCUT2D eigenvalue weighted by Gasteiger charge is 2.32. The first-order valence-corrected chi connectivity index (χ1v) is 10.2. The van der Waals surface area contributed by atoms with E-state index >= 15 is 4.39 Å². The Bertz CT molecular complexity index is 972. The average molecular weight is 414 g/mol. The monoisotopic (exact) mass is 414 g/mol. The standard InChI is InChI=1S/C17H20F2N4O4S/c18-14-12(6-8-21-17(24)25)11-23(15(14)13-5-4-7-20-16(13)19)28(26,27)22-9-2-1-3-10-22/h4-5,7,11,21H,1-3,6,8-10H2,(H,24,25). The van der Waals surface area contributed by atoms with Crippen molar-refractivity contribution in [3.05, 3.63) is 41.9 Å². The van der Waals surface area contributed by atoms with Crippen molar-refractivity contribution in [1.29, 1.82) is 0 Å². The lowest BCUT2D eigenvalue weighted by molar-refractivity contribution is 0.194. The van der Waals surface area contributed by atoms with Crippen molar-refractivity contribution in [2.45, 2.75) is 25.7 Å². The van der Waals surface area contributed by atoms with Gasteiger partial charge in [-0.2, -0.15) is 17.1 Å². The number of nitrogens with one attached hydrogen (secondary N) is 1. The van der Waals surface area contributed by atoms with Crippen LogP contribution in [0.15, 0.2) is 24.5 Å². The molecular formula is C17H20F2N4O4S. The maximum atomic E-state index is 15.1. The first-order chi connectivity index (χ1) is 13.3. The lowest BCUT2D eigenvalue weighted by Gasteiger charge is -2.27. The van der Waals surface area contributed by atoms with Crippen LogP contribution in [-0.2, 0) is 16.6 Å². The van der Waals surface area contributed by atoms with Gasteiger partial charge in [0, 0.05) is 37.6 Å². The Morgan fingerprint density at radius 1 is 1.25 bits per heavy atom. The summed E-state index contributed by atoms with van der Waals surface area (Å²) < 4.78 is 57.6. The zero-order valence-corrected chi connectivity index (χ0v) is 15.8.